The fraction of sp³-hybridized carbons (Fsp3) is 0.190. The third kappa shape index (κ3) is 5.33. The standard InChI is InChI=1S/C21H22ClN7O3S/c1-23-33(31,32)18-5-3-2-4-17(18)28-20-15(22)12-26-21(29-20)27-14-6-7-16-13(10-14)11-25-19(30)8-9-24-16/h2-7,10,12,23-24H,8-9,11H2,1H3,(H,25,30)(H2,26,27,28,29). The van der Waals surface area contributed by atoms with E-state index in [0.717, 1.165) is 16.9 Å². The number of hydrogen-bond acceptors (Lipinski definition) is 8. The summed E-state index contributed by atoms with van der Waals surface area (Å²) in [6, 6.07) is 12.1. The first-order chi connectivity index (χ1) is 15.9. The molecule has 10 nitrogen and oxygen atoms in total. The van der Waals surface area contributed by atoms with Gasteiger partial charge in [0.15, 0.2) is 5.82 Å². The summed E-state index contributed by atoms with van der Waals surface area (Å²) < 4.78 is 27.0. The highest BCUT2D eigenvalue weighted by molar-refractivity contribution is 7.89. The van der Waals surface area contributed by atoms with E-state index in [1.165, 1.54) is 19.3 Å². The Morgan fingerprint density at radius 2 is 1.91 bits per heavy atom. The van der Waals surface area contributed by atoms with Gasteiger partial charge in [0.1, 0.15) is 9.92 Å². The molecule has 0 radical (unpaired) electrons. The van der Waals surface area contributed by atoms with Gasteiger partial charge in [0.05, 0.1) is 11.9 Å². The highest BCUT2D eigenvalue weighted by Gasteiger charge is 2.18. The van der Waals surface area contributed by atoms with Crippen LogP contribution in [0.5, 0.6) is 0 Å². The van der Waals surface area contributed by atoms with Gasteiger partial charge in [-0.15, -0.1) is 0 Å². The number of carbonyl (C=O) groups excluding carboxylic acids is 1. The lowest BCUT2D eigenvalue weighted by Crippen LogP contribution is -2.28. The zero-order chi connectivity index (χ0) is 23.4. The van der Waals surface area contributed by atoms with Crippen LogP contribution in [0.2, 0.25) is 5.02 Å². The number of halogens is 1. The molecule has 172 valence electrons. The number of rotatable bonds is 6. The fourth-order valence-corrected chi connectivity index (χ4v) is 4.29. The SMILES string of the molecule is CNS(=O)(=O)c1ccccc1Nc1nc(Nc2ccc3c(c2)CNC(=O)CCN3)ncc1Cl. The number of hydrogen-bond donors (Lipinski definition) is 5. The van der Waals surface area contributed by atoms with Gasteiger partial charge in [-0.2, -0.15) is 4.98 Å². The number of nitrogens with zero attached hydrogens (tertiary/aromatic N) is 2. The lowest BCUT2D eigenvalue weighted by molar-refractivity contribution is -0.121. The molecule has 0 aliphatic carbocycles. The molecule has 0 saturated carbocycles. The Morgan fingerprint density at radius 3 is 2.73 bits per heavy atom. The van der Waals surface area contributed by atoms with Crippen LogP contribution < -0.4 is 26.0 Å². The summed E-state index contributed by atoms with van der Waals surface area (Å²) in [7, 11) is -2.35. The molecule has 33 heavy (non-hydrogen) atoms. The second-order valence-electron chi connectivity index (χ2n) is 7.17. The van der Waals surface area contributed by atoms with E-state index in [-0.39, 0.29) is 27.6 Å². The molecule has 1 aromatic heterocycles. The monoisotopic (exact) mass is 487 g/mol. The minimum Gasteiger partial charge on any atom is -0.384 e. The Kier molecular flexibility index (Phi) is 6.63. The Bertz CT molecular complexity index is 1300. The van der Waals surface area contributed by atoms with E-state index in [9.17, 15) is 13.2 Å². The van der Waals surface area contributed by atoms with E-state index in [1.807, 2.05) is 18.2 Å². The zero-order valence-electron chi connectivity index (χ0n) is 17.6. The minimum absolute atomic E-state index is 0.0103. The third-order valence-corrected chi connectivity index (χ3v) is 6.70. The number of carbonyl (C=O) groups is 1. The Hall–Kier alpha value is -3.41. The van der Waals surface area contributed by atoms with Crippen LogP contribution in [0.4, 0.5) is 28.8 Å². The number of amides is 1. The van der Waals surface area contributed by atoms with Gasteiger partial charge in [0.25, 0.3) is 0 Å². The molecule has 0 fully saturated rings. The highest BCUT2D eigenvalue weighted by atomic mass is 35.5. The van der Waals surface area contributed by atoms with Gasteiger partial charge in [-0.1, -0.05) is 23.7 Å². The van der Waals surface area contributed by atoms with E-state index in [1.54, 1.807) is 18.2 Å². The number of sulfonamides is 1. The van der Waals surface area contributed by atoms with Crippen LogP contribution in [0.3, 0.4) is 0 Å². The van der Waals surface area contributed by atoms with Gasteiger partial charge in [-0.3, -0.25) is 4.79 Å². The topological polar surface area (TPSA) is 137 Å². The predicted molar refractivity (Wildman–Crippen MR) is 128 cm³/mol. The van der Waals surface area contributed by atoms with Crippen molar-refractivity contribution in [1.82, 2.24) is 20.0 Å². The largest absolute Gasteiger partial charge is 0.384 e. The Balaban J connectivity index is 1.59. The summed E-state index contributed by atoms with van der Waals surface area (Å²) in [6.45, 7) is 0.966. The first-order valence-corrected chi connectivity index (χ1v) is 11.9. The second kappa shape index (κ2) is 9.61. The van der Waals surface area contributed by atoms with E-state index < -0.39 is 10.0 Å². The van der Waals surface area contributed by atoms with Crippen LogP contribution in [0, 0.1) is 0 Å². The number of fused-ring (bicyclic) bond motifs is 1. The summed E-state index contributed by atoms with van der Waals surface area (Å²) in [5.41, 5.74) is 2.91. The quantitative estimate of drug-likeness (QED) is 0.358. The normalized spacial score (nSPS) is 13.7. The molecule has 1 aliphatic heterocycles. The molecule has 0 bridgehead atoms. The van der Waals surface area contributed by atoms with Crippen LogP contribution in [0.25, 0.3) is 0 Å². The maximum atomic E-state index is 12.3. The summed E-state index contributed by atoms with van der Waals surface area (Å²) >= 11 is 6.26. The Labute approximate surface area is 196 Å². The van der Waals surface area contributed by atoms with Crippen LogP contribution in [-0.2, 0) is 21.4 Å². The summed E-state index contributed by atoms with van der Waals surface area (Å²) in [5, 5.41) is 12.5. The summed E-state index contributed by atoms with van der Waals surface area (Å²) in [5.74, 6) is 0.496. The molecule has 1 amide bonds. The minimum atomic E-state index is -3.69. The van der Waals surface area contributed by atoms with Gasteiger partial charge in [0, 0.05) is 30.9 Å². The van der Waals surface area contributed by atoms with Gasteiger partial charge in [-0.25, -0.2) is 18.1 Å². The number of anilines is 5. The lowest BCUT2D eigenvalue weighted by Gasteiger charge is -2.18. The van der Waals surface area contributed by atoms with Crippen LogP contribution in [0.1, 0.15) is 12.0 Å². The molecule has 0 atom stereocenters. The van der Waals surface area contributed by atoms with E-state index >= 15 is 0 Å². The van der Waals surface area contributed by atoms with Crippen LogP contribution >= 0.6 is 11.6 Å². The molecule has 3 aromatic rings. The second-order valence-corrected chi connectivity index (χ2v) is 9.43. The van der Waals surface area contributed by atoms with Crippen molar-refractivity contribution in [3.8, 4) is 0 Å². The number of nitrogens with one attached hydrogen (secondary N) is 5. The maximum Gasteiger partial charge on any atom is 0.242 e. The van der Waals surface area contributed by atoms with Crippen molar-refractivity contribution in [2.24, 2.45) is 0 Å². The average molecular weight is 488 g/mol. The van der Waals surface area contributed by atoms with Gasteiger partial charge >= 0.3 is 0 Å². The maximum absolute atomic E-state index is 12.3. The molecule has 2 heterocycles. The van der Waals surface area contributed by atoms with Gasteiger partial charge in [-0.05, 0) is 42.9 Å². The predicted octanol–water partition coefficient (Wildman–Crippen LogP) is 2.96. The van der Waals surface area contributed by atoms with Crippen molar-refractivity contribution < 1.29 is 13.2 Å². The van der Waals surface area contributed by atoms with E-state index in [2.05, 4.69) is 36.0 Å². The third-order valence-electron chi connectivity index (χ3n) is 4.95. The Morgan fingerprint density at radius 1 is 1.09 bits per heavy atom. The van der Waals surface area contributed by atoms with Gasteiger partial charge < -0.3 is 21.3 Å². The summed E-state index contributed by atoms with van der Waals surface area (Å²) in [4.78, 5) is 20.4. The first kappa shape index (κ1) is 22.8. The molecule has 12 heteroatoms. The van der Waals surface area contributed by atoms with Crippen molar-refractivity contribution in [1.29, 1.82) is 0 Å². The molecule has 5 N–H and O–H groups in total. The smallest absolute Gasteiger partial charge is 0.242 e. The molecule has 2 aromatic carbocycles. The first-order valence-electron chi connectivity index (χ1n) is 10.1. The molecule has 0 spiro atoms. The van der Waals surface area contributed by atoms with E-state index in [0.29, 0.717) is 25.2 Å². The van der Waals surface area contributed by atoms with Crippen molar-refractivity contribution in [3.05, 3.63) is 59.2 Å². The molecule has 4 rings (SSSR count). The lowest BCUT2D eigenvalue weighted by atomic mass is 10.1. The van der Waals surface area contributed by atoms with Gasteiger partial charge in [0.2, 0.25) is 21.9 Å². The number of para-hydroxylation sites is 1. The molecule has 0 saturated heterocycles. The average Bonchev–Trinajstić information content (AvgIpc) is 2.80. The van der Waals surface area contributed by atoms with Crippen molar-refractivity contribution in [2.45, 2.75) is 17.9 Å². The molecular weight excluding hydrogens is 466 g/mol. The molecule has 1 aliphatic rings. The fourth-order valence-electron chi connectivity index (χ4n) is 3.27. The number of aromatic nitrogens is 2. The van der Waals surface area contributed by atoms with Crippen LogP contribution in [0.15, 0.2) is 53.6 Å². The zero-order valence-corrected chi connectivity index (χ0v) is 19.2. The molecule has 0 unspecified atom stereocenters. The van der Waals surface area contributed by atoms with Crippen molar-refractivity contribution in [2.75, 3.05) is 29.5 Å². The highest BCUT2D eigenvalue weighted by Crippen LogP contribution is 2.29. The van der Waals surface area contributed by atoms with Crippen LogP contribution in [-0.4, -0.2) is 37.9 Å². The summed E-state index contributed by atoms with van der Waals surface area (Å²) in [6.07, 6.45) is 1.84. The molecular formula is C21H22ClN7O3S. The van der Waals surface area contributed by atoms with Crippen molar-refractivity contribution >= 4 is 56.4 Å². The van der Waals surface area contributed by atoms with E-state index in [4.69, 9.17) is 11.6 Å². The number of benzene rings is 2. The van der Waals surface area contributed by atoms with Crippen molar-refractivity contribution in [3.63, 3.8) is 0 Å².